The van der Waals surface area contributed by atoms with Gasteiger partial charge in [-0.3, -0.25) is 0 Å². The Bertz CT molecular complexity index is 130. The highest BCUT2D eigenvalue weighted by molar-refractivity contribution is 8.03. The van der Waals surface area contributed by atoms with Crippen LogP contribution >= 0.6 is 11.8 Å². The summed E-state index contributed by atoms with van der Waals surface area (Å²) in [6.07, 6.45) is 3.93. The van der Waals surface area contributed by atoms with E-state index in [-0.39, 0.29) is 0 Å². The van der Waals surface area contributed by atoms with Crippen molar-refractivity contribution in [3.8, 4) is 0 Å². The molecule has 0 aliphatic carbocycles. The van der Waals surface area contributed by atoms with E-state index in [2.05, 4.69) is 6.08 Å². The van der Waals surface area contributed by atoms with Crippen LogP contribution in [0.4, 0.5) is 0 Å². The summed E-state index contributed by atoms with van der Waals surface area (Å²) in [5.74, 6) is 1.26. The van der Waals surface area contributed by atoms with Crippen molar-refractivity contribution in [2.45, 2.75) is 12.5 Å². The smallest absolute Gasteiger partial charge is 0.0893 e. The Labute approximate surface area is 53.1 Å². The van der Waals surface area contributed by atoms with Gasteiger partial charge in [-0.15, -0.1) is 11.8 Å². The Morgan fingerprint density at radius 2 is 2.75 bits per heavy atom. The summed E-state index contributed by atoms with van der Waals surface area (Å²) in [5, 5.41) is 0. The van der Waals surface area contributed by atoms with Crippen LogP contribution in [0.1, 0.15) is 6.42 Å². The zero-order chi connectivity index (χ0) is 5.40. The number of ether oxygens (including phenoxy) is 1. The first kappa shape index (κ1) is 4.89. The third-order valence-corrected chi connectivity index (χ3v) is 2.75. The lowest BCUT2D eigenvalue weighted by Gasteiger charge is -1.99. The third-order valence-electron chi connectivity index (χ3n) is 1.55. The van der Waals surface area contributed by atoms with E-state index < -0.39 is 0 Å². The fourth-order valence-corrected chi connectivity index (χ4v) is 2.25. The van der Waals surface area contributed by atoms with Crippen LogP contribution in [-0.2, 0) is 4.74 Å². The van der Waals surface area contributed by atoms with Gasteiger partial charge in [-0.2, -0.15) is 0 Å². The molecule has 2 heterocycles. The van der Waals surface area contributed by atoms with E-state index in [1.165, 1.54) is 17.1 Å². The molecule has 2 rings (SSSR count). The first-order valence-electron chi connectivity index (χ1n) is 2.91. The highest BCUT2D eigenvalue weighted by atomic mass is 32.2. The van der Waals surface area contributed by atoms with Crippen LogP contribution in [0.2, 0.25) is 0 Å². The predicted octanol–water partition coefficient (Wildman–Crippen LogP) is 1.41. The molecule has 1 saturated heterocycles. The van der Waals surface area contributed by atoms with E-state index in [4.69, 9.17) is 4.74 Å². The van der Waals surface area contributed by atoms with Gasteiger partial charge in [-0.25, -0.2) is 0 Å². The lowest BCUT2D eigenvalue weighted by atomic mass is 10.3. The van der Waals surface area contributed by atoms with E-state index in [1.54, 1.807) is 0 Å². The van der Waals surface area contributed by atoms with Gasteiger partial charge < -0.3 is 4.74 Å². The van der Waals surface area contributed by atoms with Crippen LogP contribution < -0.4 is 0 Å². The minimum Gasteiger partial charge on any atom is -0.369 e. The molecular formula is C6H8OS. The first-order chi connectivity index (χ1) is 3.97. The van der Waals surface area contributed by atoms with Crippen molar-refractivity contribution in [3.05, 3.63) is 11.0 Å². The van der Waals surface area contributed by atoms with Crippen molar-refractivity contribution in [1.29, 1.82) is 0 Å². The van der Waals surface area contributed by atoms with Gasteiger partial charge >= 0.3 is 0 Å². The molecule has 0 N–H and O–H groups in total. The SMILES string of the molecule is C1=C2SCCC2OC1. The first-order valence-corrected chi connectivity index (χ1v) is 3.90. The average Bonchev–Trinajstić information content (AvgIpc) is 2.15. The molecule has 2 heteroatoms. The van der Waals surface area contributed by atoms with Gasteiger partial charge in [0.2, 0.25) is 0 Å². The maximum absolute atomic E-state index is 5.36. The van der Waals surface area contributed by atoms with Gasteiger partial charge in [-0.1, -0.05) is 0 Å². The van der Waals surface area contributed by atoms with Gasteiger partial charge in [0.05, 0.1) is 12.7 Å². The zero-order valence-corrected chi connectivity index (χ0v) is 5.41. The van der Waals surface area contributed by atoms with Gasteiger partial charge in [0.1, 0.15) is 0 Å². The summed E-state index contributed by atoms with van der Waals surface area (Å²) < 4.78 is 5.36. The predicted molar refractivity (Wildman–Crippen MR) is 34.9 cm³/mol. The van der Waals surface area contributed by atoms with Crippen molar-refractivity contribution in [3.63, 3.8) is 0 Å². The van der Waals surface area contributed by atoms with Crippen molar-refractivity contribution < 1.29 is 4.74 Å². The molecular weight excluding hydrogens is 120 g/mol. The molecule has 0 bridgehead atoms. The number of hydrogen-bond donors (Lipinski definition) is 0. The maximum Gasteiger partial charge on any atom is 0.0893 e. The Kier molecular flexibility index (Phi) is 1.09. The fourth-order valence-electron chi connectivity index (χ4n) is 1.12. The van der Waals surface area contributed by atoms with Crippen LogP contribution in [0.5, 0.6) is 0 Å². The zero-order valence-electron chi connectivity index (χ0n) is 4.59. The second kappa shape index (κ2) is 1.78. The molecule has 0 aromatic carbocycles. The molecule has 2 aliphatic heterocycles. The van der Waals surface area contributed by atoms with Crippen LogP contribution in [-0.4, -0.2) is 18.5 Å². The van der Waals surface area contributed by atoms with Crippen LogP contribution in [0.3, 0.4) is 0 Å². The quantitative estimate of drug-likeness (QED) is 0.487. The Morgan fingerprint density at radius 1 is 1.75 bits per heavy atom. The van der Waals surface area contributed by atoms with E-state index in [0.29, 0.717) is 6.10 Å². The second-order valence-corrected chi connectivity index (χ2v) is 3.23. The number of rotatable bonds is 0. The van der Waals surface area contributed by atoms with Crippen molar-refractivity contribution in [2.75, 3.05) is 12.4 Å². The van der Waals surface area contributed by atoms with Gasteiger partial charge in [-0.05, 0) is 12.5 Å². The van der Waals surface area contributed by atoms with Crippen LogP contribution in [0.15, 0.2) is 11.0 Å². The van der Waals surface area contributed by atoms with E-state index >= 15 is 0 Å². The summed E-state index contributed by atoms with van der Waals surface area (Å²) in [5.41, 5.74) is 0. The Morgan fingerprint density at radius 3 is 3.62 bits per heavy atom. The van der Waals surface area contributed by atoms with E-state index in [1.807, 2.05) is 11.8 Å². The molecule has 44 valence electrons. The third kappa shape index (κ3) is 0.599. The normalized spacial score (nSPS) is 35.0. The van der Waals surface area contributed by atoms with Crippen LogP contribution in [0, 0.1) is 0 Å². The summed E-state index contributed by atoms with van der Waals surface area (Å²) in [6, 6.07) is 0. The Hall–Kier alpha value is 0.0500. The van der Waals surface area contributed by atoms with E-state index in [9.17, 15) is 0 Å². The molecule has 1 atom stereocenters. The van der Waals surface area contributed by atoms with Crippen molar-refractivity contribution >= 4 is 11.8 Å². The minimum absolute atomic E-state index is 0.500. The molecule has 1 fully saturated rings. The molecule has 0 aromatic rings. The van der Waals surface area contributed by atoms with Crippen molar-refractivity contribution in [2.24, 2.45) is 0 Å². The highest BCUT2D eigenvalue weighted by Gasteiger charge is 2.25. The summed E-state index contributed by atoms with van der Waals surface area (Å²) in [6.45, 7) is 0.854. The van der Waals surface area contributed by atoms with Gasteiger partial charge in [0.25, 0.3) is 0 Å². The maximum atomic E-state index is 5.36. The molecule has 2 aliphatic rings. The average molecular weight is 128 g/mol. The Balaban J connectivity index is 2.20. The lowest BCUT2D eigenvalue weighted by molar-refractivity contribution is 0.127. The summed E-state index contributed by atoms with van der Waals surface area (Å²) >= 11 is 1.95. The number of hydrogen-bond acceptors (Lipinski definition) is 2. The molecule has 1 nitrogen and oxygen atoms in total. The fraction of sp³-hybridized carbons (Fsp3) is 0.667. The van der Waals surface area contributed by atoms with E-state index in [0.717, 1.165) is 6.61 Å². The van der Waals surface area contributed by atoms with Crippen molar-refractivity contribution in [1.82, 2.24) is 0 Å². The van der Waals surface area contributed by atoms with Crippen LogP contribution in [0.25, 0.3) is 0 Å². The lowest BCUT2D eigenvalue weighted by Crippen LogP contribution is -2.01. The minimum atomic E-state index is 0.500. The summed E-state index contributed by atoms with van der Waals surface area (Å²) in [4.78, 5) is 1.48. The topological polar surface area (TPSA) is 9.23 Å². The number of thioether (sulfide) groups is 1. The largest absolute Gasteiger partial charge is 0.369 e. The molecule has 0 aromatic heterocycles. The molecule has 0 spiro atoms. The highest BCUT2D eigenvalue weighted by Crippen LogP contribution is 2.35. The monoisotopic (exact) mass is 128 g/mol. The molecule has 0 saturated carbocycles. The molecule has 8 heavy (non-hydrogen) atoms. The van der Waals surface area contributed by atoms with Gasteiger partial charge in [0, 0.05) is 10.7 Å². The standard InChI is InChI=1S/C6H8OS/c1-3-7-5-2-4-8-6(1)5/h1,5H,2-4H2. The second-order valence-electron chi connectivity index (χ2n) is 2.07. The molecule has 0 radical (unpaired) electrons. The molecule has 0 amide bonds. The number of fused-ring (bicyclic) bond motifs is 1. The van der Waals surface area contributed by atoms with Gasteiger partial charge in [0.15, 0.2) is 0 Å². The summed E-state index contributed by atoms with van der Waals surface area (Å²) in [7, 11) is 0. The molecule has 1 unspecified atom stereocenters.